The Bertz CT molecular complexity index is 468. The van der Waals surface area contributed by atoms with Gasteiger partial charge in [-0.3, -0.25) is 0 Å². The molecule has 0 aliphatic heterocycles. The quantitative estimate of drug-likeness (QED) is 0.819. The number of allylic oxidation sites excluding steroid dienone is 2. The van der Waals surface area contributed by atoms with Crippen molar-refractivity contribution < 1.29 is 9.21 Å². The molecular weight excluding hydrogens is 266 g/mol. The largest absolute Gasteiger partial charge is 0.449 e. The summed E-state index contributed by atoms with van der Waals surface area (Å²) in [5.41, 5.74) is 0.762. The van der Waals surface area contributed by atoms with Crippen molar-refractivity contribution in [1.82, 2.24) is 15.6 Å². The molecule has 0 aromatic carbocycles. The number of aromatic nitrogens is 1. The topological polar surface area (TPSA) is 67.2 Å². The van der Waals surface area contributed by atoms with Gasteiger partial charge in [0.05, 0.1) is 12.2 Å². The molecule has 1 unspecified atom stereocenters. The van der Waals surface area contributed by atoms with Crippen molar-refractivity contribution >= 4 is 6.03 Å². The molecule has 116 valence electrons. The Morgan fingerprint density at radius 3 is 3.00 bits per heavy atom. The van der Waals surface area contributed by atoms with Crippen molar-refractivity contribution in [2.45, 2.75) is 52.0 Å². The molecule has 21 heavy (non-hydrogen) atoms. The molecule has 0 saturated carbocycles. The van der Waals surface area contributed by atoms with Crippen molar-refractivity contribution in [3.05, 3.63) is 30.0 Å². The first-order chi connectivity index (χ1) is 10.3. The monoisotopic (exact) mass is 291 g/mol. The molecule has 0 fully saturated rings. The maximum Gasteiger partial charge on any atom is 0.315 e. The summed E-state index contributed by atoms with van der Waals surface area (Å²) in [6.07, 6.45) is 12.7. The van der Waals surface area contributed by atoms with E-state index in [1.54, 1.807) is 6.26 Å². The molecule has 0 spiro atoms. The van der Waals surface area contributed by atoms with Gasteiger partial charge < -0.3 is 15.1 Å². The fraction of sp³-hybridized carbons (Fsp3) is 0.625. The van der Waals surface area contributed by atoms with E-state index in [2.05, 4.69) is 27.8 Å². The predicted octanol–water partition coefficient (Wildman–Crippen LogP) is 3.17. The first kappa shape index (κ1) is 15.6. The summed E-state index contributed by atoms with van der Waals surface area (Å²) in [6.45, 7) is 3.14. The first-order valence-corrected chi connectivity index (χ1v) is 7.88. The van der Waals surface area contributed by atoms with Gasteiger partial charge in [0.2, 0.25) is 0 Å². The van der Waals surface area contributed by atoms with E-state index in [9.17, 15) is 4.79 Å². The highest BCUT2D eigenvalue weighted by atomic mass is 16.3. The minimum atomic E-state index is -0.131. The van der Waals surface area contributed by atoms with Crippen LogP contribution in [0.25, 0.3) is 0 Å². The number of nitrogens with zero attached hydrogens (tertiary/aromatic N) is 1. The normalized spacial score (nSPS) is 20.3. The Balaban J connectivity index is 1.65. The summed E-state index contributed by atoms with van der Waals surface area (Å²) in [6, 6.07) is -0.131. The van der Waals surface area contributed by atoms with Gasteiger partial charge in [0.1, 0.15) is 6.26 Å². The lowest BCUT2D eigenvalue weighted by molar-refractivity contribution is 0.237. The molecule has 2 rings (SSSR count). The fourth-order valence-corrected chi connectivity index (χ4v) is 2.50. The van der Waals surface area contributed by atoms with Crippen LogP contribution in [0, 0.1) is 5.92 Å². The number of nitrogens with one attached hydrogen (secondary N) is 2. The molecule has 1 aliphatic rings. The zero-order valence-electron chi connectivity index (χ0n) is 12.7. The predicted molar refractivity (Wildman–Crippen MR) is 81.8 cm³/mol. The highest BCUT2D eigenvalue weighted by Crippen LogP contribution is 2.17. The van der Waals surface area contributed by atoms with E-state index in [-0.39, 0.29) is 6.03 Å². The van der Waals surface area contributed by atoms with Crippen LogP contribution in [-0.2, 0) is 13.0 Å². The lowest BCUT2D eigenvalue weighted by Gasteiger charge is -2.18. The maximum atomic E-state index is 11.8. The van der Waals surface area contributed by atoms with Gasteiger partial charge in [-0.05, 0) is 38.0 Å². The summed E-state index contributed by atoms with van der Waals surface area (Å²) in [4.78, 5) is 16.1. The number of aryl methyl sites for hydroxylation is 1. The molecule has 0 bridgehead atoms. The van der Waals surface area contributed by atoms with Gasteiger partial charge in [-0.25, -0.2) is 9.78 Å². The molecule has 1 aliphatic carbocycles. The number of rotatable bonds is 5. The number of hydrogen-bond donors (Lipinski definition) is 2. The van der Waals surface area contributed by atoms with Crippen LogP contribution in [0.2, 0.25) is 0 Å². The van der Waals surface area contributed by atoms with Crippen molar-refractivity contribution in [2.75, 3.05) is 6.54 Å². The van der Waals surface area contributed by atoms with Gasteiger partial charge >= 0.3 is 6.03 Å². The van der Waals surface area contributed by atoms with E-state index in [4.69, 9.17) is 4.42 Å². The molecule has 0 saturated heterocycles. The number of amides is 2. The lowest BCUT2D eigenvalue weighted by atomic mass is 9.94. The van der Waals surface area contributed by atoms with Gasteiger partial charge in [-0.2, -0.15) is 0 Å². The Hall–Kier alpha value is -1.78. The number of hydrogen-bond acceptors (Lipinski definition) is 3. The average Bonchev–Trinajstić information content (AvgIpc) is 2.92. The molecule has 5 nitrogen and oxygen atoms in total. The standard InChI is InChI=1S/C16H25N3O2/c1-2-15-19-14(12-21-15)11-18-16(20)17-10-13-8-6-4-3-5-7-9-13/h3-4,12-13H,2,5-11H2,1H3,(H2,17,18,20)/b4-3-. The fourth-order valence-electron chi connectivity index (χ4n) is 2.50. The molecule has 1 heterocycles. The van der Waals surface area contributed by atoms with Crippen molar-refractivity contribution in [3.63, 3.8) is 0 Å². The summed E-state index contributed by atoms with van der Waals surface area (Å²) in [5.74, 6) is 1.29. The first-order valence-electron chi connectivity index (χ1n) is 7.88. The summed E-state index contributed by atoms with van der Waals surface area (Å²) in [7, 11) is 0. The highest BCUT2D eigenvalue weighted by Gasteiger charge is 2.11. The molecule has 2 N–H and O–H groups in total. The third kappa shape index (κ3) is 5.61. The summed E-state index contributed by atoms with van der Waals surface area (Å²) >= 11 is 0. The van der Waals surface area contributed by atoms with Gasteiger partial charge in [-0.15, -0.1) is 0 Å². The second-order valence-electron chi connectivity index (χ2n) is 5.50. The van der Waals surface area contributed by atoms with Crippen LogP contribution in [0.5, 0.6) is 0 Å². The maximum absolute atomic E-state index is 11.8. The third-order valence-electron chi connectivity index (χ3n) is 3.77. The lowest BCUT2D eigenvalue weighted by Crippen LogP contribution is -2.38. The number of oxazole rings is 1. The van der Waals surface area contributed by atoms with Gasteiger partial charge in [-0.1, -0.05) is 19.1 Å². The van der Waals surface area contributed by atoms with Crippen LogP contribution in [0.1, 0.15) is 50.6 Å². The molecule has 5 heteroatoms. The van der Waals surface area contributed by atoms with E-state index in [1.165, 1.54) is 12.8 Å². The number of carbonyl (C=O) groups excluding carboxylic acids is 1. The zero-order chi connectivity index (χ0) is 14.9. The number of urea groups is 1. The highest BCUT2D eigenvalue weighted by molar-refractivity contribution is 5.73. The van der Waals surface area contributed by atoms with Gasteiger partial charge in [0, 0.05) is 13.0 Å². The average molecular weight is 291 g/mol. The van der Waals surface area contributed by atoms with Crippen molar-refractivity contribution in [2.24, 2.45) is 5.92 Å². The molecule has 1 atom stereocenters. The smallest absolute Gasteiger partial charge is 0.315 e. The van der Waals surface area contributed by atoms with Gasteiger partial charge in [0.15, 0.2) is 5.89 Å². The second-order valence-corrected chi connectivity index (χ2v) is 5.50. The van der Waals surface area contributed by atoms with Crippen LogP contribution >= 0.6 is 0 Å². The number of carbonyl (C=O) groups is 1. The molecule has 1 aromatic rings. The molecular formula is C16H25N3O2. The Morgan fingerprint density at radius 2 is 2.19 bits per heavy atom. The minimum Gasteiger partial charge on any atom is -0.449 e. The second kappa shape index (κ2) is 8.49. The van der Waals surface area contributed by atoms with Crippen molar-refractivity contribution in [1.29, 1.82) is 0 Å². The van der Waals surface area contributed by atoms with E-state index >= 15 is 0 Å². The Morgan fingerprint density at radius 1 is 1.33 bits per heavy atom. The van der Waals surface area contributed by atoms with E-state index < -0.39 is 0 Å². The zero-order valence-corrected chi connectivity index (χ0v) is 12.7. The van der Waals surface area contributed by atoms with E-state index in [1.807, 2.05) is 6.92 Å². The van der Waals surface area contributed by atoms with E-state index in [0.717, 1.165) is 37.9 Å². The van der Waals surface area contributed by atoms with Gasteiger partial charge in [0.25, 0.3) is 0 Å². The third-order valence-corrected chi connectivity index (χ3v) is 3.77. The Kier molecular flexibility index (Phi) is 6.31. The van der Waals surface area contributed by atoms with Crippen molar-refractivity contribution in [3.8, 4) is 0 Å². The van der Waals surface area contributed by atoms with Crippen LogP contribution < -0.4 is 10.6 Å². The minimum absolute atomic E-state index is 0.131. The van der Waals surface area contributed by atoms with Crippen LogP contribution in [0.3, 0.4) is 0 Å². The van der Waals surface area contributed by atoms with E-state index in [0.29, 0.717) is 18.4 Å². The van der Waals surface area contributed by atoms with Crippen LogP contribution in [0.4, 0.5) is 4.79 Å². The molecule has 0 radical (unpaired) electrons. The Labute approximate surface area is 126 Å². The van der Waals surface area contributed by atoms with Crippen LogP contribution in [-0.4, -0.2) is 17.6 Å². The summed E-state index contributed by atoms with van der Waals surface area (Å²) in [5, 5.41) is 5.78. The molecule has 1 aromatic heterocycles. The van der Waals surface area contributed by atoms with Crippen LogP contribution in [0.15, 0.2) is 22.8 Å². The molecule has 2 amide bonds. The SMILES string of the molecule is CCc1nc(CNC(=O)NCC2CC/C=C\CCC2)co1. The summed E-state index contributed by atoms with van der Waals surface area (Å²) < 4.78 is 5.24.